The highest BCUT2D eigenvalue weighted by Gasteiger charge is 2.20. The van der Waals surface area contributed by atoms with Crippen molar-refractivity contribution in [3.8, 4) is 0 Å². The van der Waals surface area contributed by atoms with Crippen LogP contribution < -0.4 is 0 Å². The van der Waals surface area contributed by atoms with Crippen LogP contribution >= 0.6 is 11.6 Å². The molecule has 0 aromatic heterocycles. The van der Waals surface area contributed by atoms with Crippen molar-refractivity contribution in [2.75, 3.05) is 0 Å². The third kappa shape index (κ3) is 2.30. The molecule has 0 aliphatic carbocycles. The molecule has 2 aromatic rings. The summed E-state index contributed by atoms with van der Waals surface area (Å²) in [5, 5.41) is 0.333. The number of rotatable bonds is 3. The zero-order valence-electron chi connectivity index (χ0n) is 9.21. The molecule has 0 saturated carbocycles. The van der Waals surface area contributed by atoms with E-state index in [1.54, 1.807) is 24.3 Å². The van der Waals surface area contributed by atoms with Gasteiger partial charge in [-0.15, -0.1) is 0 Å². The third-order valence-corrected chi connectivity index (χ3v) is 4.50. The molecule has 0 aliphatic heterocycles. The summed E-state index contributed by atoms with van der Waals surface area (Å²) in [6.07, 6.45) is 0.525. The van der Waals surface area contributed by atoms with E-state index in [1.807, 2.05) is 0 Å². The second kappa shape index (κ2) is 4.92. The molecule has 18 heavy (non-hydrogen) atoms. The number of carbonyl (C=O) groups is 1. The summed E-state index contributed by atoms with van der Waals surface area (Å²) in [4.78, 5) is 10.9. The van der Waals surface area contributed by atoms with Crippen molar-refractivity contribution in [3.05, 3.63) is 59.1 Å². The van der Waals surface area contributed by atoms with Crippen molar-refractivity contribution < 1.29 is 13.2 Å². The summed E-state index contributed by atoms with van der Waals surface area (Å²) >= 11 is 5.78. The van der Waals surface area contributed by atoms with E-state index in [2.05, 4.69) is 0 Å². The lowest BCUT2D eigenvalue weighted by Crippen LogP contribution is -2.05. The first-order chi connectivity index (χ1) is 8.55. The minimum absolute atomic E-state index is 0.0118. The van der Waals surface area contributed by atoms with E-state index in [0.717, 1.165) is 0 Å². The molecule has 0 fully saturated rings. The summed E-state index contributed by atoms with van der Waals surface area (Å²) in [5.74, 6) is 0. The molecule has 3 nitrogen and oxygen atoms in total. The number of carbonyl (C=O) groups excluding carboxylic acids is 1. The molecule has 2 aromatic carbocycles. The number of halogens is 1. The van der Waals surface area contributed by atoms with Crippen LogP contribution in [-0.2, 0) is 9.84 Å². The number of hydrogen-bond acceptors (Lipinski definition) is 3. The average Bonchev–Trinajstić information content (AvgIpc) is 2.38. The van der Waals surface area contributed by atoms with Gasteiger partial charge in [-0.25, -0.2) is 8.42 Å². The molecule has 2 rings (SSSR count). The van der Waals surface area contributed by atoms with Gasteiger partial charge in [-0.1, -0.05) is 35.9 Å². The van der Waals surface area contributed by atoms with Crippen LogP contribution in [0.5, 0.6) is 0 Å². The standard InChI is InChI=1S/C13H9ClO3S/c14-11-5-3-6-12(8-11)18(16,17)13-7-2-1-4-10(13)9-15/h1-9H. The maximum atomic E-state index is 12.3. The fraction of sp³-hybridized carbons (Fsp3) is 0. The van der Waals surface area contributed by atoms with Crippen LogP contribution in [0, 0.1) is 0 Å². The van der Waals surface area contributed by atoms with Gasteiger partial charge < -0.3 is 0 Å². The minimum Gasteiger partial charge on any atom is -0.298 e. The zero-order chi connectivity index (χ0) is 13.2. The predicted molar refractivity (Wildman–Crippen MR) is 68.7 cm³/mol. The molecule has 0 bridgehead atoms. The quantitative estimate of drug-likeness (QED) is 0.812. The van der Waals surface area contributed by atoms with Crippen LogP contribution in [0.25, 0.3) is 0 Å². The molecule has 0 unspecified atom stereocenters. The van der Waals surface area contributed by atoms with Gasteiger partial charge in [0.15, 0.2) is 6.29 Å². The Labute approximate surface area is 110 Å². The Morgan fingerprint density at radius 2 is 1.72 bits per heavy atom. The van der Waals surface area contributed by atoms with Crippen LogP contribution in [0.4, 0.5) is 0 Å². The fourth-order valence-corrected chi connectivity index (χ4v) is 3.32. The topological polar surface area (TPSA) is 51.2 Å². The highest BCUT2D eigenvalue weighted by molar-refractivity contribution is 7.91. The number of aldehydes is 1. The summed E-state index contributed by atoms with van der Waals surface area (Å²) in [6, 6.07) is 12.0. The fourth-order valence-electron chi connectivity index (χ4n) is 1.58. The Balaban J connectivity index is 2.65. The average molecular weight is 281 g/mol. The maximum Gasteiger partial charge on any atom is 0.207 e. The molecule has 0 spiro atoms. The van der Waals surface area contributed by atoms with Gasteiger partial charge in [-0.3, -0.25) is 4.79 Å². The van der Waals surface area contributed by atoms with Gasteiger partial charge >= 0.3 is 0 Å². The Bertz CT molecular complexity index is 693. The first-order valence-electron chi connectivity index (χ1n) is 5.10. The molecule has 0 amide bonds. The molecule has 92 valence electrons. The first kappa shape index (κ1) is 12.8. The van der Waals surface area contributed by atoms with Crippen molar-refractivity contribution in [1.82, 2.24) is 0 Å². The smallest absolute Gasteiger partial charge is 0.207 e. The van der Waals surface area contributed by atoms with Crippen LogP contribution in [0.15, 0.2) is 58.3 Å². The van der Waals surface area contributed by atoms with Crippen molar-refractivity contribution in [1.29, 1.82) is 0 Å². The molecule has 5 heteroatoms. The highest BCUT2D eigenvalue weighted by Crippen LogP contribution is 2.25. The summed E-state index contributed by atoms with van der Waals surface area (Å²) in [7, 11) is -3.72. The van der Waals surface area contributed by atoms with Crippen LogP contribution in [0.3, 0.4) is 0 Å². The van der Waals surface area contributed by atoms with Crippen molar-refractivity contribution in [3.63, 3.8) is 0 Å². The maximum absolute atomic E-state index is 12.3. The molecule has 0 atom stereocenters. The molecule has 0 heterocycles. The van der Waals surface area contributed by atoms with Crippen LogP contribution in [0.2, 0.25) is 5.02 Å². The Morgan fingerprint density at radius 3 is 2.39 bits per heavy atom. The molecular formula is C13H9ClO3S. The first-order valence-corrected chi connectivity index (χ1v) is 6.96. The Morgan fingerprint density at radius 1 is 1.00 bits per heavy atom. The van der Waals surface area contributed by atoms with E-state index < -0.39 is 9.84 Å². The normalized spacial score (nSPS) is 11.2. The van der Waals surface area contributed by atoms with Crippen molar-refractivity contribution in [2.24, 2.45) is 0 Å². The molecule has 0 N–H and O–H groups in total. The summed E-state index contributed by atoms with van der Waals surface area (Å²) < 4.78 is 24.7. The number of hydrogen-bond donors (Lipinski definition) is 0. The van der Waals surface area contributed by atoms with E-state index in [-0.39, 0.29) is 15.4 Å². The summed E-state index contributed by atoms with van der Waals surface area (Å²) in [5.41, 5.74) is 0.137. The lowest BCUT2D eigenvalue weighted by Gasteiger charge is -2.06. The van der Waals surface area contributed by atoms with Crippen LogP contribution in [0.1, 0.15) is 10.4 Å². The zero-order valence-corrected chi connectivity index (χ0v) is 10.8. The molecule has 0 radical (unpaired) electrons. The number of benzene rings is 2. The van der Waals surface area contributed by atoms with Gasteiger partial charge in [-0.05, 0) is 24.3 Å². The predicted octanol–water partition coefficient (Wildman–Crippen LogP) is 2.99. The monoisotopic (exact) mass is 280 g/mol. The number of sulfone groups is 1. The van der Waals surface area contributed by atoms with E-state index in [9.17, 15) is 13.2 Å². The van der Waals surface area contributed by atoms with E-state index in [1.165, 1.54) is 24.3 Å². The third-order valence-electron chi connectivity index (χ3n) is 2.44. The van der Waals surface area contributed by atoms with E-state index >= 15 is 0 Å². The lowest BCUT2D eigenvalue weighted by atomic mass is 10.2. The Hall–Kier alpha value is -1.65. The van der Waals surface area contributed by atoms with Gasteiger partial charge in [0.05, 0.1) is 9.79 Å². The Kier molecular flexibility index (Phi) is 3.50. The molecular weight excluding hydrogens is 272 g/mol. The van der Waals surface area contributed by atoms with Gasteiger partial charge in [-0.2, -0.15) is 0 Å². The van der Waals surface area contributed by atoms with Crippen molar-refractivity contribution in [2.45, 2.75) is 9.79 Å². The molecule has 0 aliphatic rings. The SMILES string of the molecule is O=Cc1ccccc1S(=O)(=O)c1cccc(Cl)c1. The lowest BCUT2D eigenvalue weighted by molar-refractivity contribution is 0.112. The second-order valence-electron chi connectivity index (χ2n) is 3.62. The van der Waals surface area contributed by atoms with Gasteiger partial charge in [0.2, 0.25) is 9.84 Å². The van der Waals surface area contributed by atoms with E-state index in [0.29, 0.717) is 11.3 Å². The second-order valence-corrected chi connectivity index (χ2v) is 5.97. The van der Waals surface area contributed by atoms with Crippen LogP contribution in [-0.4, -0.2) is 14.7 Å². The van der Waals surface area contributed by atoms with E-state index in [4.69, 9.17) is 11.6 Å². The van der Waals surface area contributed by atoms with Gasteiger partial charge in [0.1, 0.15) is 0 Å². The minimum atomic E-state index is -3.72. The van der Waals surface area contributed by atoms with Gasteiger partial charge in [0.25, 0.3) is 0 Å². The van der Waals surface area contributed by atoms with Gasteiger partial charge in [0, 0.05) is 10.6 Å². The molecule has 0 saturated heterocycles. The largest absolute Gasteiger partial charge is 0.298 e. The van der Waals surface area contributed by atoms with Crippen molar-refractivity contribution >= 4 is 27.7 Å². The highest BCUT2D eigenvalue weighted by atomic mass is 35.5. The summed E-state index contributed by atoms with van der Waals surface area (Å²) in [6.45, 7) is 0.